The molecule has 100 valence electrons. The Balaban J connectivity index is 2.47. The Labute approximate surface area is 107 Å². The summed E-state index contributed by atoms with van der Waals surface area (Å²) in [5, 5.41) is 0. The van der Waals surface area contributed by atoms with Crippen molar-refractivity contribution in [2.24, 2.45) is 0 Å². The smallest absolute Gasteiger partial charge is 0.405 e. The third-order valence-corrected chi connectivity index (χ3v) is 2.54. The number of para-hydroxylation sites is 1. The molecule has 0 fully saturated rings. The van der Waals surface area contributed by atoms with Crippen LogP contribution >= 0.6 is 0 Å². The maximum Gasteiger partial charge on any atom is 0.573 e. The van der Waals surface area contributed by atoms with Crippen molar-refractivity contribution in [3.8, 4) is 17.0 Å². The van der Waals surface area contributed by atoms with E-state index < -0.39 is 6.36 Å². The van der Waals surface area contributed by atoms with Crippen LogP contribution < -0.4 is 10.5 Å². The number of hydrogen-bond acceptors (Lipinski definition) is 3. The van der Waals surface area contributed by atoms with E-state index in [0.29, 0.717) is 11.4 Å². The molecule has 0 aliphatic carbocycles. The van der Waals surface area contributed by atoms with Crippen molar-refractivity contribution in [3.63, 3.8) is 0 Å². The molecule has 1 aromatic carbocycles. The number of halogens is 3. The van der Waals surface area contributed by atoms with E-state index >= 15 is 0 Å². The molecule has 0 aliphatic heterocycles. The van der Waals surface area contributed by atoms with E-state index in [1.165, 1.54) is 24.4 Å². The Kier molecular flexibility index (Phi) is 3.33. The monoisotopic (exact) mass is 268 g/mol. The molecule has 0 radical (unpaired) electrons. The van der Waals surface area contributed by atoms with Crippen LogP contribution in [-0.2, 0) is 0 Å². The first kappa shape index (κ1) is 13.2. The summed E-state index contributed by atoms with van der Waals surface area (Å²) < 4.78 is 40.9. The molecular weight excluding hydrogens is 257 g/mol. The van der Waals surface area contributed by atoms with Crippen LogP contribution in [0, 0.1) is 6.92 Å². The van der Waals surface area contributed by atoms with Gasteiger partial charge in [-0.15, -0.1) is 13.2 Å². The molecular formula is C13H11F3N2O. The van der Waals surface area contributed by atoms with Gasteiger partial charge in [0, 0.05) is 5.56 Å². The lowest BCUT2D eigenvalue weighted by Crippen LogP contribution is -2.17. The number of rotatable bonds is 2. The second-order valence-corrected chi connectivity index (χ2v) is 3.97. The fourth-order valence-corrected chi connectivity index (χ4v) is 1.61. The number of benzene rings is 1. The van der Waals surface area contributed by atoms with Gasteiger partial charge in [0.25, 0.3) is 0 Å². The Bertz CT molecular complexity index is 597. The van der Waals surface area contributed by atoms with Crippen molar-refractivity contribution in [2.75, 3.05) is 5.73 Å². The third-order valence-electron chi connectivity index (χ3n) is 2.54. The lowest BCUT2D eigenvalue weighted by atomic mass is 10.1. The topological polar surface area (TPSA) is 48.1 Å². The molecule has 0 unspecified atom stereocenters. The molecule has 2 rings (SSSR count). The maximum atomic E-state index is 12.3. The van der Waals surface area contributed by atoms with Gasteiger partial charge in [-0.25, -0.2) is 0 Å². The fraction of sp³-hybridized carbons (Fsp3) is 0.154. The third kappa shape index (κ3) is 3.15. The van der Waals surface area contributed by atoms with E-state index in [2.05, 4.69) is 9.72 Å². The molecule has 2 aromatic rings. The lowest BCUT2D eigenvalue weighted by molar-refractivity contribution is -0.274. The predicted octanol–water partition coefficient (Wildman–Crippen LogP) is 3.54. The van der Waals surface area contributed by atoms with Crippen LogP contribution in [0.1, 0.15) is 5.56 Å². The maximum absolute atomic E-state index is 12.3. The quantitative estimate of drug-likeness (QED) is 0.906. The van der Waals surface area contributed by atoms with Crippen LogP contribution in [-0.4, -0.2) is 11.3 Å². The van der Waals surface area contributed by atoms with E-state index in [4.69, 9.17) is 5.73 Å². The molecule has 19 heavy (non-hydrogen) atoms. The summed E-state index contributed by atoms with van der Waals surface area (Å²) in [5.74, 6) is -0.285. The number of anilines is 1. The van der Waals surface area contributed by atoms with E-state index in [0.717, 1.165) is 5.56 Å². The van der Waals surface area contributed by atoms with Crippen LogP contribution in [0.3, 0.4) is 0 Å². The molecule has 0 saturated carbocycles. The number of alkyl halides is 3. The minimum absolute atomic E-state index is 0.267. The molecule has 0 spiro atoms. The standard InChI is InChI=1S/C13H11F3N2O/c1-8-6-11(18-7-10(8)17)9-4-2-3-5-12(9)19-13(14,15)16/h2-7H,17H2,1H3. The molecule has 0 bridgehead atoms. The highest BCUT2D eigenvalue weighted by atomic mass is 19.4. The predicted molar refractivity (Wildman–Crippen MR) is 65.5 cm³/mol. The van der Waals surface area contributed by atoms with Gasteiger partial charge in [0.15, 0.2) is 0 Å². The zero-order chi connectivity index (χ0) is 14.0. The zero-order valence-corrected chi connectivity index (χ0v) is 10.0. The number of nitrogens with zero attached hydrogens (tertiary/aromatic N) is 1. The number of ether oxygens (including phenoxy) is 1. The number of aromatic nitrogens is 1. The highest BCUT2D eigenvalue weighted by Gasteiger charge is 2.32. The Morgan fingerprint density at radius 1 is 1.21 bits per heavy atom. The average Bonchev–Trinajstić information content (AvgIpc) is 2.31. The van der Waals surface area contributed by atoms with Gasteiger partial charge in [0.05, 0.1) is 17.6 Å². The van der Waals surface area contributed by atoms with Crippen molar-refractivity contribution in [1.82, 2.24) is 4.98 Å². The second kappa shape index (κ2) is 4.79. The summed E-state index contributed by atoms with van der Waals surface area (Å²) in [5.41, 5.74) is 7.51. The van der Waals surface area contributed by atoms with Crippen LogP contribution in [0.25, 0.3) is 11.3 Å². The lowest BCUT2D eigenvalue weighted by Gasteiger charge is -2.13. The summed E-state index contributed by atoms with van der Waals surface area (Å²) in [4.78, 5) is 4.03. The van der Waals surface area contributed by atoms with Gasteiger partial charge < -0.3 is 10.5 Å². The first-order valence-corrected chi connectivity index (χ1v) is 5.44. The molecule has 1 aromatic heterocycles. The first-order chi connectivity index (χ1) is 8.87. The molecule has 0 aliphatic rings. The van der Waals surface area contributed by atoms with Crippen LogP contribution in [0.2, 0.25) is 0 Å². The van der Waals surface area contributed by atoms with E-state index in [-0.39, 0.29) is 11.3 Å². The molecule has 0 atom stereocenters. The summed E-state index contributed by atoms with van der Waals surface area (Å²) in [6, 6.07) is 7.46. The van der Waals surface area contributed by atoms with Crippen LogP contribution in [0.4, 0.5) is 18.9 Å². The molecule has 0 saturated heterocycles. The largest absolute Gasteiger partial charge is 0.573 e. The van der Waals surface area contributed by atoms with E-state index in [1.807, 2.05) is 0 Å². The van der Waals surface area contributed by atoms with Gasteiger partial charge in [-0.2, -0.15) is 0 Å². The summed E-state index contributed by atoms with van der Waals surface area (Å²) in [6.07, 6.45) is -3.33. The van der Waals surface area contributed by atoms with Gasteiger partial charge in [0.2, 0.25) is 0 Å². The van der Waals surface area contributed by atoms with Crippen molar-refractivity contribution < 1.29 is 17.9 Å². The number of hydrogen-bond donors (Lipinski definition) is 1. The summed E-state index contributed by atoms with van der Waals surface area (Å²) in [7, 11) is 0. The van der Waals surface area contributed by atoms with Crippen LogP contribution in [0.5, 0.6) is 5.75 Å². The molecule has 2 N–H and O–H groups in total. The first-order valence-electron chi connectivity index (χ1n) is 5.44. The van der Waals surface area contributed by atoms with Gasteiger partial charge in [-0.1, -0.05) is 12.1 Å². The number of nitrogen functional groups attached to an aromatic ring is 1. The van der Waals surface area contributed by atoms with Crippen molar-refractivity contribution in [2.45, 2.75) is 13.3 Å². The number of pyridine rings is 1. The highest BCUT2D eigenvalue weighted by molar-refractivity contribution is 5.69. The van der Waals surface area contributed by atoms with Gasteiger partial charge in [-0.05, 0) is 30.7 Å². The average molecular weight is 268 g/mol. The Morgan fingerprint density at radius 2 is 1.89 bits per heavy atom. The summed E-state index contributed by atoms with van der Waals surface area (Å²) in [6.45, 7) is 1.76. The molecule has 0 amide bonds. The van der Waals surface area contributed by atoms with Crippen molar-refractivity contribution >= 4 is 5.69 Å². The Morgan fingerprint density at radius 3 is 2.53 bits per heavy atom. The highest BCUT2D eigenvalue weighted by Crippen LogP contribution is 2.33. The minimum Gasteiger partial charge on any atom is -0.405 e. The second-order valence-electron chi connectivity index (χ2n) is 3.97. The molecule has 3 nitrogen and oxygen atoms in total. The van der Waals surface area contributed by atoms with E-state index in [9.17, 15) is 13.2 Å². The summed E-state index contributed by atoms with van der Waals surface area (Å²) >= 11 is 0. The van der Waals surface area contributed by atoms with E-state index in [1.54, 1.807) is 19.1 Å². The normalized spacial score (nSPS) is 11.4. The Hall–Kier alpha value is -2.24. The molecule has 6 heteroatoms. The number of aryl methyl sites for hydroxylation is 1. The van der Waals surface area contributed by atoms with Gasteiger partial charge in [-0.3, -0.25) is 4.98 Å². The van der Waals surface area contributed by atoms with Crippen LogP contribution in [0.15, 0.2) is 36.5 Å². The number of nitrogens with two attached hydrogens (primary N) is 1. The van der Waals surface area contributed by atoms with Gasteiger partial charge >= 0.3 is 6.36 Å². The van der Waals surface area contributed by atoms with Gasteiger partial charge in [0.1, 0.15) is 5.75 Å². The van der Waals surface area contributed by atoms with Crippen molar-refractivity contribution in [1.29, 1.82) is 0 Å². The SMILES string of the molecule is Cc1cc(-c2ccccc2OC(F)(F)F)ncc1N. The fourth-order valence-electron chi connectivity index (χ4n) is 1.61. The minimum atomic E-state index is -4.74. The van der Waals surface area contributed by atoms with Crippen molar-refractivity contribution in [3.05, 3.63) is 42.1 Å². The zero-order valence-electron chi connectivity index (χ0n) is 10.0. The molecule has 1 heterocycles.